The molecule has 22 heavy (non-hydrogen) atoms. The van der Waals surface area contributed by atoms with E-state index in [2.05, 4.69) is 15.9 Å². The van der Waals surface area contributed by atoms with Crippen LogP contribution in [0.5, 0.6) is 0 Å². The summed E-state index contributed by atoms with van der Waals surface area (Å²) in [5.41, 5.74) is 4.18. The van der Waals surface area contributed by atoms with Crippen LogP contribution in [0.3, 0.4) is 0 Å². The average molecular weight is 395 g/mol. The minimum absolute atomic E-state index is 0.0934. The lowest BCUT2D eigenvalue weighted by molar-refractivity contribution is -0.138. The molecule has 0 atom stereocenters. The summed E-state index contributed by atoms with van der Waals surface area (Å²) in [4.78, 5) is 10.6. The molecule has 0 saturated carbocycles. The summed E-state index contributed by atoms with van der Waals surface area (Å²) in [5.74, 6) is -0.257. The molecule has 0 bridgehead atoms. The van der Waals surface area contributed by atoms with Gasteiger partial charge in [-0.1, -0.05) is 27.5 Å². The van der Waals surface area contributed by atoms with Crippen LogP contribution in [-0.4, -0.2) is 5.91 Å². The van der Waals surface area contributed by atoms with Gasteiger partial charge in [0, 0.05) is 16.1 Å². The van der Waals surface area contributed by atoms with Gasteiger partial charge in [0.2, 0.25) is 5.91 Å². The Labute approximate surface area is 136 Å². The van der Waals surface area contributed by atoms with E-state index in [1.54, 1.807) is 0 Å². The highest BCUT2D eigenvalue weighted by Crippen LogP contribution is 2.41. The Kier molecular flexibility index (Phi) is 4.67. The average Bonchev–Trinajstić information content (AvgIpc) is 2.83. The first-order chi connectivity index (χ1) is 10.2. The van der Waals surface area contributed by atoms with Crippen molar-refractivity contribution >= 4 is 39.5 Å². The second kappa shape index (κ2) is 6.18. The molecule has 116 valence electrons. The van der Waals surface area contributed by atoms with E-state index < -0.39 is 17.6 Å². The Bertz CT molecular complexity index is 753. The van der Waals surface area contributed by atoms with Gasteiger partial charge in [-0.3, -0.25) is 4.79 Å². The third kappa shape index (κ3) is 3.72. The number of hydrogen-bond acceptors (Lipinski definition) is 2. The first-order valence-electron chi connectivity index (χ1n) is 5.82. The number of rotatable bonds is 3. The van der Waals surface area contributed by atoms with Crippen molar-refractivity contribution in [2.75, 3.05) is 0 Å². The quantitative estimate of drug-likeness (QED) is 0.754. The SMILES string of the molecule is NC(=O)/C=C/c1ccc(-c2cc(C(F)(F)F)c(Br)cc2Cl)o1. The second-order valence-electron chi connectivity index (χ2n) is 4.25. The number of primary amides is 1. The second-order valence-corrected chi connectivity index (χ2v) is 5.51. The van der Waals surface area contributed by atoms with Gasteiger partial charge in [-0.2, -0.15) is 13.2 Å². The van der Waals surface area contributed by atoms with E-state index in [-0.39, 0.29) is 26.6 Å². The molecule has 0 saturated heterocycles. The fourth-order valence-corrected chi connectivity index (χ4v) is 2.66. The topological polar surface area (TPSA) is 56.2 Å². The molecule has 0 fully saturated rings. The monoisotopic (exact) mass is 393 g/mol. The molecular formula is C14H8BrClF3NO2. The molecule has 1 aromatic carbocycles. The van der Waals surface area contributed by atoms with E-state index in [1.165, 1.54) is 18.2 Å². The number of halogens is 5. The van der Waals surface area contributed by atoms with E-state index in [0.717, 1.165) is 18.2 Å². The number of alkyl halides is 3. The Morgan fingerprint density at radius 3 is 2.59 bits per heavy atom. The van der Waals surface area contributed by atoms with Gasteiger partial charge < -0.3 is 10.2 Å². The minimum atomic E-state index is -4.53. The molecule has 0 aliphatic rings. The molecule has 2 rings (SSSR count). The van der Waals surface area contributed by atoms with Crippen LogP contribution in [0.15, 0.2) is 39.2 Å². The summed E-state index contributed by atoms with van der Waals surface area (Å²) in [6.07, 6.45) is -2.14. The van der Waals surface area contributed by atoms with E-state index >= 15 is 0 Å². The van der Waals surface area contributed by atoms with Gasteiger partial charge >= 0.3 is 6.18 Å². The Hall–Kier alpha value is -1.73. The van der Waals surface area contributed by atoms with Crippen LogP contribution in [0.1, 0.15) is 11.3 Å². The standard InChI is InChI=1S/C14H8BrClF3NO2/c15-10-6-11(16)8(5-9(10)14(17,18)19)12-3-1-7(22-12)2-4-13(20)21/h1-6H,(H2,20,21)/b4-2+. The Morgan fingerprint density at radius 2 is 2.00 bits per heavy atom. The zero-order valence-electron chi connectivity index (χ0n) is 10.7. The molecule has 1 aromatic heterocycles. The third-order valence-corrected chi connectivity index (χ3v) is 3.64. The fraction of sp³-hybridized carbons (Fsp3) is 0.0714. The molecule has 0 radical (unpaired) electrons. The summed E-state index contributed by atoms with van der Waals surface area (Å²) in [7, 11) is 0. The van der Waals surface area contributed by atoms with Crippen molar-refractivity contribution in [2.45, 2.75) is 6.18 Å². The number of carbonyl (C=O) groups is 1. The summed E-state index contributed by atoms with van der Waals surface area (Å²) < 4.78 is 44.0. The van der Waals surface area contributed by atoms with E-state index in [0.29, 0.717) is 0 Å². The van der Waals surface area contributed by atoms with Crippen molar-refractivity contribution in [1.29, 1.82) is 0 Å². The van der Waals surface area contributed by atoms with Crippen LogP contribution < -0.4 is 5.73 Å². The number of amides is 1. The predicted octanol–water partition coefficient (Wildman–Crippen LogP) is 4.88. The summed E-state index contributed by atoms with van der Waals surface area (Å²) >= 11 is 8.81. The molecule has 0 aliphatic carbocycles. The maximum absolute atomic E-state index is 12.9. The molecule has 0 unspecified atom stereocenters. The lowest BCUT2D eigenvalue weighted by atomic mass is 10.1. The molecule has 3 nitrogen and oxygen atoms in total. The van der Waals surface area contributed by atoms with Gasteiger partial charge in [0.15, 0.2) is 0 Å². The maximum atomic E-state index is 12.9. The van der Waals surface area contributed by atoms with Crippen molar-refractivity contribution < 1.29 is 22.4 Å². The van der Waals surface area contributed by atoms with Gasteiger partial charge in [-0.05, 0) is 30.3 Å². The van der Waals surface area contributed by atoms with E-state index in [9.17, 15) is 18.0 Å². The van der Waals surface area contributed by atoms with Crippen molar-refractivity contribution in [3.63, 3.8) is 0 Å². The molecule has 1 amide bonds. The first kappa shape index (κ1) is 16.6. The molecule has 0 aliphatic heterocycles. The number of benzene rings is 1. The van der Waals surface area contributed by atoms with Crippen LogP contribution in [0, 0.1) is 0 Å². The van der Waals surface area contributed by atoms with Crippen molar-refractivity contribution in [2.24, 2.45) is 5.73 Å². The zero-order valence-corrected chi connectivity index (χ0v) is 13.1. The van der Waals surface area contributed by atoms with Gasteiger partial charge in [-0.15, -0.1) is 0 Å². The highest BCUT2D eigenvalue weighted by atomic mass is 79.9. The zero-order chi connectivity index (χ0) is 16.5. The predicted molar refractivity (Wildman–Crippen MR) is 80.1 cm³/mol. The number of furan rings is 1. The lowest BCUT2D eigenvalue weighted by Crippen LogP contribution is -2.06. The fourth-order valence-electron chi connectivity index (χ4n) is 1.71. The minimum Gasteiger partial charge on any atom is -0.457 e. The number of nitrogens with two attached hydrogens (primary N) is 1. The molecule has 2 N–H and O–H groups in total. The Morgan fingerprint density at radius 1 is 1.32 bits per heavy atom. The lowest BCUT2D eigenvalue weighted by Gasteiger charge is -2.11. The molecule has 0 spiro atoms. The number of carbonyl (C=O) groups excluding carboxylic acids is 1. The van der Waals surface area contributed by atoms with Crippen molar-refractivity contribution in [3.8, 4) is 11.3 Å². The van der Waals surface area contributed by atoms with Crippen molar-refractivity contribution in [1.82, 2.24) is 0 Å². The smallest absolute Gasteiger partial charge is 0.417 e. The normalized spacial score (nSPS) is 12.0. The van der Waals surface area contributed by atoms with Crippen LogP contribution in [0.4, 0.5) is 13.2 Å². The maximum Gasteiger partial charge on any atom is 0.417 e. The first-order valence-corrected chi connectivity index (χ1v) is 6.99. The highest BCUT2D eigenvalue weighted by Gasteiger charge is 2.34. The third-order valence-electron chi connectivity index (χ3n) is 2.67. The van der Waals surface area contributed by atoms with Gasteiger partial charge in [0.05, 0.1) is 10.6 Å². The number of hydrogen-bond donors (Lipinski definition) is 1. The summed E-state index contributed by atoms with van der Waals surface area (Å²) in [5, 5.41) is 0.0969. The van der Waals surface area contributed by atoms with E-state index in [1.807, 2.05) is 0 Å². The van der Waals surface area contributed by atoms with Crippen LogP contribution >= 0.6 is 27.5 Å². The van der Waals surface area contributed by atoms with Crippen LogP contribution in [0.25, 0.3) is 17.4 Å². The van der Waals surface area contributed by atoms with Crippen LogP contribution in [-0.2, 0) is 11.0 Å². The van der Waals surface area contributed by atoms with E-state index in [4.69, 9.17) is 21.8 Å². The van der Waals surface area contributed by atoms with Crippen molar-refractivity contribution in [3.05, 3.63) is 51.2 Å². The summed E-state index contributed by atoms with van der Waals surface area (Å²) in [6.45, 7) is 0. The molecular weight excluding hydrogens is 387 g/mol. The van der Waals surface area contributed by atoms with Gasteiger partial charge in [0.1, 0.15) is 11.5 Å². The van der Waals surface area contributed by atoms with Gasteiger partial charge in [0.25, 0.3) is 0 Å². The van der Waals surface area contributed by atoms with Gasteiger partial charge in [-0.25, -0.2) is 0 Å². The Balaban J connectivity index is 2.47. The van der Waals surface area contributed by atoms with Crippen LogP contribution in [0.2, 0.25) is 5.02 Å². The summed E-state index contributed by atoms with van der Waals surface area (Å²) in [6, 6.07) is 4.99. The molecule has 2 aromatic rings. The largest absolute Gasteiger partial charge is 0.457 e. The highest BCUT2D eigenvalue weighted by molar-refractivity contribution is 9.10. The molecule has 1 heterocycles. The molecule has 8 heteroatoms.